The zero-order valence-corrected chi connectivity index (χ0v) is 12.3. The molecule has 0 aliphatic heterocycles. The van der Waals surface area contributed by atoms with E-state index in [9.17, 15) is 4.79 Å². The van der Waals surface area contributed by atoms with E-state index in [1.165, 1.54) is 11.8 Å². The summed E-state index contributed by atoms with van der Waals surface area (Å²) in [7, 11) is 0. The lowest BCUT2D eigenvalue weighted by Gasteiger charge is -2.08. The molecule has 0 unspecified atom stereocenters. The van der Waals surface area contributed by atoms with Crippen molar-refractivity contribution in [3.63, 3.8) is 0 Å². The molecule has 0 atom stereocenters. The van der Waals surface area contributed by atoms with E-state index in [0.717, 1.165) is 5.56 Å². The number of nitrogens with one attached hydrogen (secondary N) is 1. The maximum Gasteiger partial charge on any atom is 0.230 e. The van der Waals surface area contributed by atoms with E-state index >= 15 is 0 Å². The van der Waals surface area contributed by atoms with Crippen molar-refractivity contribution in [1.29, 1.82) is 0 Å². The van der Waals surface area contributed by atoms with Crippen LogP contribution in [0.15, 0.2) is 35.5 Å². The third-order valence-corrected chi connectivity index (χ3v) is 3.41. The Hall–Kier alpha value is -1.89. The van der Waals surface area contributed by atoms with Gasteiger partial charge in [0.2, 0.25) is 11.1 Å². The average molecular weight is 291 g/mol. The van der Waals surface area contributed by atoms with E-state index in [1.807, 2.05) is 44.2 Å². The zero-order chi connectivity index (χ0) is 14.4. The number of tetrazole rings is 1. The summed E-state index contributed by atoms with van der Waals surface area (Å²) in [6.07, 6.45) is 0. The fourth-order valence-corrected chi connectivity index (χ4v) is 2.34. The van der Waals surface area contributed by atoms with E-state index in [-0.39, 0.29) is 11.9 Å². The first-order valence-corrected chi connectivity index (χ1v) is 7.36. The Morgan fingerprint density at radius 3 is 2.80 bits per heavy atom. The van der Waals surface area contributed by atoms with Crippen molar-refractivity contribution in [2.45, 2.75) is 31.6 Å². The van der Waals surface area contributed by atoms with Crippen molar-refractivity contribution in [3.8, 4) is 0 Å². The molecule has 20 heavy (non-hydrogen) atoms. The van der Waals surface area contributed by atoms with Gasteiger partial charge in [0.15, 0.2) is 0 Å². The number of hydrogen-bond donors (Lipinski definition) is 1. The lowest BCUT2D eigenvalue weighted by Crippen LogP contribution is -2.31. The monoisotopic (exact) mass is 291 g/mol. The number of carbonyl (C=O) groups excluding carboxylic acids is 1. The molecule has 0 saturated heterocycles. The Morgan fingerprint density at radius 2 is 2.10 bits per heavy atom. The van der Waals surface area contributed by atoms with Crippen LogP contribution in [0.4, 0.5) is 0 Å². The van der Waals surface area contributed by atoms with Crippen LogP contribution in [0.2, 0.25) is 0 Å². The molecule has 2 aromatic rings. The summed E-state index contributed by atoms with van der Waals surface area (Å²) in [6.45, 7) is 4.46. The molecule has 0 aliphatic rings. The van der Waals surface area contributed by atoms with Gasteiger partial charge in [-0.2, -0.15) is 0 Å². The van der Waals surface area contributed by atoms with Gasteiger partial charge in [0.05, 0.1) is 12.3 Å². The van der Waals surface area contributed by atoms with Gasteiger partial charge >= 0.3 is 0 Å². The van der Waals surface area contributed by atoms with Gasteiger partial charge < -0.3 is 5.32 Å². The first kappa shape index (κ1) is 14.5. The number of rotatable bonds is 6. The molecular formula is C13H17N5OS. The second kappa shape index (κ2) is 7.04. The number of carbonyl (C=O) groups is 1. The molecule has 0 saturated carbocycles. The molecule has 7 heteroatoms. The van der Waals surface area contributed by atoms with Gasteiger partial charge in [0.25, 0.3) is 0 Å². The summed E-state index contributed by atoms with van der Waals surface area (Å²) in [6, 6.07) is 10.1. The van der Waals surface area contributed by atoms with Crippen molar-refractivity contribution in [3.05, 3.63) is 35.9 Å². The van der Waals surface area contributed by atoms with Gasteiger partial charge in [-0.3, -0.25) is 4.79 Å². The lowest BCUT2D eigenvalue weighted by atomic mass is 10.2. The van der Waals surface area contributed by atoms with Crippen LogP contribution in [0.25, 0.3) is 0 Å². The molecule has 6 nitrogen and oxygen atoms in total. The van der Waals surface area contributed by atoms with Crippen LogP contribution in [0.5, 0.6) is 0 Å². The summed E-state index contributed by atoms with van der Waals surface area (Å²) < 4.78 is 1.70. The quantitative estimate of drug-likeness (QED) is 0.813. The molecule has 0 bridgehead atoms. The van der Waals surface area contributed by atoms with Crippen LogP contribution >= 0.6 is 11.8 Å². The summed E-state index contributed by atoms with van der Waals surface area (Å²) in [5.41, 5.74) is 1.12. The molecule has 106 valence electrons. The standard InChI is InChI=1S/C13H17N5OS/c1-10(2)14-12(19)9-20-13-15-16-17-18(13)8-11-6-4-3-5-7-11/h3-7,10H,8-9H2,1-2H3,(H,14,19). The highest BCUT2D eigenvalue weighted by Gasteiger charge is 2.10. The number of hydrogen-bond acceptors (Lipinski definition) is 5. The van der Waals surface area contributed by atoms with Gasteiger partial charge in [0.1, 0.15) is 0 Å². The third kappa shape index (κ3) is 4.34. The highest BCUT2D eigenvalue weighted by Crippen LogP contribution is 2.14. The highest BCUT2D eigenvalue weighted by molar-refractivity contribution is 7.99. The molecule has 0 fully saturated rings. The minimum Gasteiger partial charge on any atom is -0.353 e. The van der Waals surface area contributed by atoms with E-state index in [2.05, 4.69) is 20.8 Å². The number of amides is 1. The molecule has 1 N–H and O–H groups in total. The number of thioether (sulfide) groups is 1. The van der Waals surface area contributed by atoms with Crippen LogP contribution in [0, 0.1) is 0 Å². The number of aromatic nitrogens is 4. The van der Waals surface area contributed by atoms with Crippen LogP contribution in [-0.4, -0.2) is 37.9 Å². The first-order chi connectivity index (χ1) is 9.65. The van der Waals surface area contributed by atoms with Crippen molar-refractivity contribution < 1.29 is 4.79 Å². The molecular weight excluding hydrogens is 274 g/mol. The summed E-state index contributed by atoms with van der Waals surface area (Å²) in [5.74, 6) is 0.298. The molecule has 1 heterocycles. The summed E-state index contributed by atoms with van der Waals surface area (Å²) in [5, 5.41) is 15.1. The minimum atomic E-state index is -0.0146. The van der Waals surface area contributed by atoms with E-state index in [0.29, 0.717) is 17.5 Å². The second-order valence-electron chi connectivity index (χ2n) is 4.62. The van der Waals surface area contributed by atoms with Crippen LogP contribution in [-0.2, 0) is 11.3 Å². The Labute approximate surface area is 121 Å². The van der Waals surface area contributed by atoms with Crippen molar-refractivity contribution in [2.24, 2.45) is 0 Å². The average Bonchev–Trinajstić information content (AvgIpc) is 2.84. The van der Waals surface area contributed by atoms with Gasteiger partial charge in [-0.05, 0) is 29.8 Å². The molecule has 2 rings (SSSR count). The fourth-order valence-electron chi connectivity index (χ4n) is 1.65. The van der Waals surface area contributed by atoms with E-state index in [1.54, 1.807) is 4.68 Å². The molecule has 0 spiro atoms. The molecule has 0 aliphatic carbocycles. The van der Waals surface area contributed by atoms with Crippen LogP contribution < -0.4 is 5.32 Å². The molecule has 0 radical (unpaired) electrons. The predicted octanol–water partition coefficient (Wildman–Crippen LogP) is 1.34. The maximum absolute atomic E-state index is 11.6. The number of benzene rings is 1. The lowest BCUT2D eigenvalue weighted by molar-refractivity contribution is -0.119. The number of nitrogens with zero attached hydrogens (tertiary/aromatic N) is 4. The van der Waals surface area contributed by atoms with Crippen LogP contribution in [0.1, 0.15) is 19.4 Å². The molecule has 1 aromatic heterocycles. The predicted molar refractivity (Wildman–Crippen MR) is 77.4 cm³/mol. The SMILES string of the molecule is CC(C)NC(=O)CSc1nnnn1Cc1ccccc1. The topological polar surface area (TPSA) is 72.7 Å². The Bertz CT molecular complexity index is 555. The minimum absolute atomic E-state index is 0.0146. The smallest absolute Gasteiger partial charge is 0.230 e. The fraction of sp³-hybridized carbons (Fsp3) is 0.385. The summed E-state index contributed by atoms with van der Waals surface area (Å²) in [4.78, 5) is 11.6. The van der Waals surface area contributed by atoms with Crippen molar-refractivity contribution in [2.75, 3.05) is 5.75 Å². The van der Waals surface area contributed by atoms with Gasteiger partial charge in [-0.1, -0.05) is 42.1 Å². The first-order valence-electron chi connectivity index (χ1n) is 6.37. The van der Waals surface area contributed by atoms with Gasteiger partial charge in [-0.15, -0.1) is 5.10 Å². The Kier molecular flexibility index (Phi) is 5.11. The van der Waals surface area contributed by atoms with Gasteiger partial charge in [-0.25, -0.2) is 4.68 Å². The Balaban J connectivity index is 1.94. The third-order valence-electron chi connectivity index (χ3n) is 2.46. The van der Waals surface area contributed by atoms with E-state index in [4.69, 9.17) is 0 Å². The zero-order valence-electron chi connectivity index (χ0n) is 11.5. The maximum atomic E-state index is 11.6. The Morgan fingerprint density at radius 1 is 1.35 bits per heavy atom. The van der Waals surface area contributed by atoms with Crippen molar-refractivity contribution >= 4 is 17.7 Å². The van der Waals surface area contributed by atoms with Gasteiger partial charge in [0, 0.05) is 6.04 Å². The highest BCUT2D eigenvalue weighted by atomic mass is 32.2. The summed E-state index contributed by atoms with van der Waals surface area (Å²) >= 11 is 1.34. The molecule has 1 amide bonds. The second-order valence-corrected chi connectivity index (χ2v) is 5.56. The normalized spacial score (nSPS) is 10.8. The van der Waals surface area contributed by atoms with Crippen LogP contribution in [0.3, 0.4) is 0 Å². The largest absolute Gasteiger partial charge is 0.353 e. The van der Waals surface area contributed by atoms with Crippen molar-refractivity contribution in [1.82, 2.24) is 25.5 Å². The van der Waals surface area contributed by atoms with E-state index < -0.39 is 0 Å². The molecule has 1 aromatic carbocycles.